The van der Waals surface area contributed by atoms with E-state index in [-0.39, 0.29) is 17.0 Å². The Kier molecular flexibility index (Phi) is 5.29. The summed E-state index contributed by atoms with van der Waals surface area (Å²) in [5, 5.41) is 4.05. The topological polar surface area (TPSA) is 55.1 Å². The van der Waals surface area contributed by atoms with Gasteiger partial charge in [-0.25, -0.2) is 4.98 Å². The van der Waals surface area contributed by atoms with E-state index in [0.29, 0.717) is 30.9 Å². The molecule has 0 aromatic carbocycles. The van der Waals surface area contributed by atoms with E-state index in [9.17, 15) is 13.2 Å². The molecule has 3 aromatic rings. The van der Waals surface area contributed by atoms with Gasteiger partial charge in [-0.15, -0.1) is 0 Å². The van der Waals surface area contributed by atoms with Crippen molar-refractivity contribution in [1.29, 1.82) is 0 Å². The minimum atomic E-state index is -4.48. The third kappa shape index (κ3) is 4.12. The second-order valence-electron chi connectivity index (χ2n) is 7.61. The molecule has 0 amide bonds. The molecule has 0 saturated carbocycles. The number of likely N-dealkylation sites (tertiary alicyclic amines) is 1. The minimum Gasteiger partial charge on any atom is -0.336 e. The zero-order valence-electron chi connectivity index (χ0n) is 16.5. The average Bonchev–Trinajstić information content (AvgIpc) is 3.10. The van der Waals surface area contributed by atoms with Gasteiger partial charge in [0.1, 0.15) is 0 Å². The number of aromatic nitrogens is 3. The van der Waals surface area contributed by atoms with Gasteiger partial charge in [-0.1, -0.05) is 18.1 Å². The number of hydrogen-bond donors (Lipinski definition) is 0. The van der Waals surface area contributed by atoms with E-state index in [2.05, 4.69) is 20.0 Å². The molecule has 0 radical (unpaired) electrons. The van der Waals surface area contributed by atoms with Crippen molar-refractivity contribution >= 4 is 11.1 Å². The van der Waals surface area contributed by atoms with Gasteiger partial charge in [0.05, 0.1) is 22.3 Å². The van der Waals surface area contributed by atoms with Crippen molar-refractivity contribution in [1.82, 2.24) is 20.0 Å². The molecule has 1 aliphatic rings. The largest absolute Gasteiger partial charge is 0.417 e. The fraction of sp³-hybridized carbons (Fsp3) is 0.476. The quantitative estimate of drug-likeness (QED) is 0.620. The molecule has 1 fully saturated rings. The summed E-state index contributed by atoms with van der Waals surface area (Å²) in [6.45, 7) is 5.87. The maximum absolute atomic E-state index is 13.7. The van der Waals surface area contributed by atoms with Gasteiger partial charge in [-0.05, 0) is 50.9 Å². The van der Waals surface area contributed by atoms with Crippen LogP contribution in [0, 0.1) is 6.92 Å². The molecule has 29 heavy (non-hydrogen) atoms. The fourth-order valence-corrected chi connectivity index (χ4v) is 4.05. The van der Waals surface area contributed by atoms with Crippen molar-refractivity contribution in [2.45, 2.75) is 51.7 Å². The van der Waals surface area contributed by atoms with Gasteiger partial charge >= 0.3 is 6.18 Å². The molecule has 5 nitrogen and oxygen atoms in total. The van der Waals surface area contributed by atoms with E-state index in [1.165, 1.54) is 0 Å². The number of alkyl halides is 3. The van der Waals surface area contributed by atoms with E-state index in [4.69, 9.17) is 4.52 Å². The minimum absolute atomic E-state index is 0.00947. The van der Waals surface area contributed by atoms with E-state index < -0.39 is 11.7 Å². The molecule has 1 saturated heterocycles. The Balaban J connectivity index is 1.65. The van der Waals surface area contributed by atoms with Gasteiger partial charge in [0.25, 0.3) is 5.71 Å². The zero-order chi connectivity index (χ0) is 20.6. The number of nitrogens with zero attached hydrogens (tertiary/aromatic N) is 4. The lowest BCUT2D eigenvalue weighted by Gasteiger charge is -2.31. The second kappa shape index (κ2) is 7.74. The highest BCUT2D eigenvalue weighted by atomic mass is 19.4. The Labute approximate surface area is 166 Å². The molecule has 154 valence electrons. The predicted octanol–water partition coefficient (Wildman–Crippen LogP) is 4.89. The molecule has 0 bridgehead atoms. The molecular formula is C21H23F3N4O. The van der Waals surface area contributed by atoms with Crippen LogP contribution in [0.4, 0.5) is 13.2 Å². The Morgan fingerprint density at radius 3 is 2.76 bits per heavy atom. The van der Waals surface area contributed by atoms with Crippen LogP contribution in [0.1, 0.15) is 54.0 Å². The highest BCUT2D eigenvalue weighted by Gasteiger charge is 2.38. The van der Waals surface area contributed by atoms with E-state index in [1.54, 1.807) is 6.92 Å². The van der Waals surface area contributed by atoms with Crippen molar-refractivity contribution in [3.05, 3.63) is 52.6 Å². The highest BCUT2D eigenvalue weighted by molar-refractivity contribution is 5.81. The fourth-order valence-electron chi connectivity index (χ4n) is 4.05. The summed E-state index contributed by atoms with van der Waals surface area (Å²) in [5.74, 6) is -0.134. The van der Waals surface area contributed by atoms with Crippen LogP contribution < -0.4 is 0 Å². The lowest BCUT2D eigenvalue weighted by atomic mass is 9.91. The molecule has 3 aromatic heterocycles. The summed E-state index contributed by atoms with van der Waals surface area (Å²) in [4.78, 5) is 11.0. The smallest absolute Gasteiger partial charge is 0.336 e. The first-order valence-corrected chi connectivity index (χ1v) is 9.86. The van der Waals surface area contributed by atoms with Crippen LogP contribution in [0.15, 0.2) is 28.8 Å². The second-order valence-corrected chi connectivity index (χ2v) is 7.61. The van der Waals surface area contributed by atoms with Gasteiger partial charge in [0.15, 0.2) is 0 Å². The van der Waals surface area contributed by atoms with Crippen LogP contribution >= 0.6 is 0 Å². The average molecular weight is 404 g/mol. The first-order valence-electron chi connectivity index (χ1n) is 9.86. The van der Waals surface area contributed by atoms with Crippen LogP contribution in [-0.4, -0.2) is 33.1 Å². The van der Waals surface area contributed by atoms with Crippen molar-refractivity contribution in [2.24, 2.45) is 0 Å². The molecule has 0 spiro atoms. The van der Waals surface area contributed by atoms with Gasteiger partial charge in [-0.3, -0.25) is 9.88 Å². The van der Waals surface area contributed by atoms with E-state index in [0.717, 1.165) is 36.8 Å². The summed E-state index contributed by atoms with van der Waals surface area (Å²) in [6.07, 6.45) is -2.43. The van der Waals surface area contributed by atoms with Crippen molar-refractivity contribution in [3.8, 4) is 0 Å². The maximum atomic E-state index is 13.7. The van der Waals surface area contributed by atoms with Crippen LogP contribution in [-0.2, 0) is 19.1 Å². The molecule has 4 heterocycles. The summed E-state index contributed by atoms with van der Waals surface area (Å²) in [6, 6.07) is 7.01. The Bertz CT molecular complexity index is 1010. The van der Waals surface area contributed by atoms with E-state index in [1.807, 2.05) is 25.1 Å². The molecule has 8 heteroatoms. The van der Waals surface area contributed by atoms with Crippen molar-refractivity contribution in [2.75, 3.05) is 13.1 Å². The molecule has 0 unspecified atom stereocenters. The number of fused-ring (bicyclic) bond motifs is 1. The van der Waals surface area contributed by atoms with Crippen LogP contribution in [0.5, 0.6) is 0 Å². The number of piperidine rings is 1. The van der Waals surface area contributed by atoms with E-state index >= 15 is 0 Å². The van der Waals surface area contributed by atoms with Crippen molar-refractivity contribution < 1.29 is 17.7 Å². The highest BCUT2D eigenvalue weighted by Crippen LogP contribution is 2.40. The molecule has 0 N–H and O–H groups in total. The summed E-state index contributed by atoms with van der Waals surface area (Å²) in [5.41, 5.74) is 1.90. The summed E-state index contributed by atoms with van der Waals surface area (Å²) >= 11 is 0. The van der Waals surface area contributed by atoms with Gasteiger partial charge in [0, 0.05) is 30.4 Å². The summed E-state index contributed by atoms with van der Waals surface area (Å²) < 4.78 is 46.5. The Morgan fingerprint density at radius 2 is 2.03 bits per heavy atom. The molecule has 1 atom stereocenters. The molecule has 0 aliphatic carbocycles. The third-order valence-corrected chi connectivity index (χ3v) is 5.42. The maximum Gasteiger partial charge on any atom is 0.417 e. The molecule has 1 aliphatic heterocycles. The van der Waals surface area contributed by atoms with Crippen molar-refractivity contribution in [3.63, 3.8) is 0 Å². The number of aryl methyl sites for hydroxylation is 2. The molecular weight excluding hydrogens is 381 g/mol. The Morgan fingerprint density at radius 1 is 1.21 bits per heavy atom. The normalized spacial score (nSPS) is 18.4. The third-order valence-electron chi connectivity index (χ3n) is 5.42. The molecule has 4 rings (SSSR count). The number of pyridine rings is 2. The SMILES string of the molecule is CCc1cc(C(F)(F)F)c2c([C@@H]3CCCN(Cc4cccc(C)n4)C3)noc2n1. The van der Waals surface area contributed by atoms with Gasteiger partial charge in [-0.2, -0.15) is 13.2 Å². The first kappa shape index (κ1) is 19.8. The van der Waals surface area contributed by atoms with Crippen LogP contribution in [0.2, 0.25) is 0 Å². The Hall–Kier alpha value is -2.48. The zero-order valence-corrected chi connectivity index (χ0v) is 16.5. The number of rotatable bonds is 4. The predicted molar refractivity (Wildman–Crippen MR) is 102 cm³/mol. The first-order chi connectivity index (χ1) is 13.8. The number of hydrogen-bond acceptors (Lipinski definition) is 5. The van der Waals surface area contributed by atoms with Crippen LogP contribution in [0.25, 0.3) is 11.1 Å². The lowest BCUT2D eigenvalue weighted by molar-refractivity contribution is -0.136. The summed E-state index contributed by atoms with van der Waals surface area (Å²) in [7, 11) is 0. The van der Waals surface area contributed by atoms with Gasteiger partial charge < -0.3 is 4.52 Å². The lowest BCUT2D eigenvalue weighted by Crippen LogP contribution is -2.34. The standard InChI is InChI=1S/C21H23F3N4O/c1-3-15-10-17(21(22,23)24)18-19(27-29-20(18)26-15)14-7-5-9-28(11-14)12-16-8-4-6-13(2)25-16/h4,6,8,10,14H,3,5,7,9,11-12H2,1-2H3/t14-/m1/s1. The van der Waals surface area contributed by atoms with Crippen LogP contribution in [0.3, 0.4) is 0 Å². The number of halogens is 3. The monoisotopic (exact) mass is 404 g/mol. The van der Waals surface area contributed by atoms with Gasteiger partial charge in [0.2, 0.25) is 0 Å².